The molecule has 4 heterocycles. The van der Waals surface area contributed by atoms with E-state index in [1.165, 1.54) is 12.1 Å². The van der Waals surface area contributed by atoms with E-state index in [1.807, 2.05) is 66.2 Å². The number of aromatic nitrogens is 5. The van der Waals surface area contributed by atoms with Crippen LogP contribution < -0.4 is 10.6 Å². The molecule has 0 unspecified atom stereocenters. The highest BCUT2D eigenvalue weighted by molar-refractivity contribution is 5.95. The van der Waals surface area contributed by atoms with Gasteiger partial charge >= 0.3 is 0 Å². The van der Waals surface area contributed by atoms with Crippen LogP contribution in [0.4, 0.5) is 10.2 Å². The first-order valence-electron chi connectivity index (χ1n) is 11.4. The van der Waals surface area contributed by atoms with E-state index >= 15 is 0 Å². The van der Waals surface area contributed by atoms with Gasteiger partial charge in [0.1, 0.15) is 17.3 Å². The van der Waals surface area contributed by atoms with Gasteiger partial charge in [0.2, 0.25) is 5.91 Å². The fourth-order valence-electron chi connectivity index (χ4n) is 4.57. The number of hydrogen-bond donors (Lipinski definition) is 1. The van der Waals surface area contributed by atoms with E-state index in [0.717, 1.165) is 33.9 Å². The number of imidazole rings is 2. The minimum absolute atomic E-state index is 0.296. The molecule has 178 valence electrons. The lowest BCUT2D eigenvalue weighted by molar-refractivity contribution is 0.0999. The Labute approximate surface area is 206 Å². The summed E-state index contributed by atoms with van der Waals surface area (Å²) in [7, 11) is 1.93. The molecule has 0 aliphatic carbocycles. The lowest BCUT2D eigenvalue weighted by atomic mass is 9.98. The Morgan fingerprint density at radius 1 is 1.06 bits per heavy atom. The number of hydrogen-bond acceptors (Lipinski definition) is 5. The van der Waals surface area contributed by atoms with Crippen molar-refractivity contribution in [2.24, 2.45) is 12.8 Å². The van der Waals surface area contributed by atoms with Crippen molar-refractivity contribution in [2.75, 3.05) is 4.90 Å². The number of primary amides is 1. The second kappa shape index (κ2) is 8.16. The van der Waals surface area contributed by atoms with Crippen molar-refractivity contribution in [3.05, 3.63) is 95.3 Å². The van der Waals surface area contributed by atoms with E-state index in [2.05, 4.69) is 0 Å². The molecular weight excluding hydrogens is 457 g/mol. The summed E-state index contributed by atoms with van der Waals surface area (Å²) in [5, 5.41) is 4.82. The molecule has 8 nitrogen and oxygen atoms in total. The molecule has 1 aliphatic rings. The topological polar surface area (TPSA) is 94.3 Å². The molecule has 2 N–H and O–H groups in total. The predicted molar refractivity (Wildman–Crippen MR) is 135 cm³/mol. The Kier molecular flexibility index (Phi) is 4.92. The van der Waals surface area contributed by atoms with Crippen LogP contribution in [0.1, 0.15) is 27.3 Å². The second-order valence-corrected chi connectivity index (χ2v) is 8.72. The van der Waals surface area contributed by atoms with E-state index in [-0.39, 0.29) is 5.82 Å². The van der Waals surface area contributed by atoms with E-state index in [9.17, 15) is 9.18 Å². The summed E-state index contributed by atoms with van der Waals surface area (Å²) in [6, 6.07) is 15.6. The summed E-state index contributed by atoms with van der Waals surface area (Å²) in [6.07, 6.45) is 5.73. The SMILES string of the molecule is Cc1nc(-c2ccc(F)cc2)c(-c2ccc3nc(N4C=Cc5cccc(C(N)=O)c5C4)cn3n2)n1C. The van der Waals surface area contributed by atoms with Gasteiger partial charge in [0, 0.05) is 24.4 Å². The zero-order valence-electron chi connectivity index (χ0n) is 19.7. The number of benzene rings is 2. The molecule has 3 aromatic heterocycles. The molecule has 0 saturated heterocycles. The number of rotatable bonds is 4. The number of fused-ring (bicyclic) bond motifs is 2. The van der Waals surface area contributed by atoms with Gasteiger partial charge in [-0.25, -0.2) is 18.9 Å². The number of nitrogens with two attached hydrogens (primary N) is 1. The largest absolute Gasteiger partial charge is 0.366 e. The zero-order chi connectivity index (χ0) is 25.0. The molecule has 0 saturated carbocycles. The third-order valence-corrected chi connectivity index (χ3v) is 6.52. The Morgan fingerprint density at radius 2 is 1.86 bits per heavy atom. The lowest BCUT2D eigenvalue weighted by Crippen LogP contribution is -2.23. The minimum Gasteiger partial charge on any atom is -0.366 e. The molecule has 0 radical (unpaired) electrons. The molecule has 36 heavy (non-hydrogen) atoms. The van der Waals surface area contributed by atoms with Gasteiger partial charge in [-0.2, -0.15) is 5.10 Å². The molecule has 6 rings (SSSR count). The molecule has 5 aromatic rings. The maximum absolute atomic E-state index is 13.5. The van der Waals surface area contributed by atoms with Crippen LogP contribution in [-0.2, 0) is 13.6 Å². The normalized spacial score (nSPS) is 12.8. The summed E-state index contributed by atoms with van der Waals surface area (Å²) in [5.74, 6) is 0.767. The number of nitrogens with zero attached hydrogens (tertiary/aromatic N) is 6. The highest BCUT2D eigenvalue weighted by atomic mass is 19.1. The molecular formula is C27H22FN7O. The van der Waals surface area contributed by atoms with Gasteiger partial charge < -0.3 is 15.2 Å². The van der Waals surface area contributed by atoms with Gasteiger partial charge in [-0.05, 0) is 66.6 Å². The second-order valence-electron chi connectivity index (χ2n) is 8.72. The van der Waals surface area contributed by atoms with Crippen molar-refractivity contribution >= 4 is 23.4 Å². The third kappa shape index (κ3) is 3.52. The minimum atomic E-state index is -0.452. The van der Waals surface area contributed by atoms with Gasteiger partial charge in [0.25, 0.3) is 0 Å². The monoisotopic (exact) mass is 479 g/mol. The molecule has 1 aliphatic heterocycles. The van der Waals surface area contributed by atoms with Crippen LogP contribution in [0.15, 0.2) is 67.0 Å². The van der Waals surface area contributed by atoms with Crippen LogP contribution >= 0.6 is 0 Å². The van der Waals surface area contributed by atoms with Crippen molar-refractivity contribution in [1.29, 1.82) is 0 Å². The number of amides is 1. The highest BCUT2D eigenvalue weighted by Crippen LogP contribution is 2.32. The van der Waals surface area contributed by atoms with Crippen molar-refractivity contribution in [3.63, 3.8) is 0 Å². The van der Waals surface area contributed by atoms with Gasteiger partial charge in [0.15, 0.2) is 11.5 Å². The molecule has 2 aromatic carbocycles. The predicted octanol–water partition coefficient (Wildman–Crippen LogP) is 4.33. The van der Waals surface area contributed by atoms with Crippen LogP contribution in [-0.4, -0.2) is 30.1 Å². The third-order valence-electron chi connectivity index (χ3n) is 6.52. The van der Waals surface area contributed by atoms with Crippen molar-refractivity contribution in [3.8, 4) is 22.6 Å². The van der Waals surface area contributed by atoms with Gasteiger partial charge in [-0.3, -0.25) is 4.79 Å². The molecule has 1 amide bonds. The van der Waals surface area contributed by atoms with Gasteiger partial charge in [-0.1, -0.05) is 12.1 Å². The number of aryl methyl sites for hydroxylation is 1. The van der Waals surface area contributed by atoms with Crippen molar-refractivity contribution < 1.29 is 9.18 Å². The summed E-state index contributed by atoms with van der Waals surface area (Å²) < 4.78 is 17.2. The van der Waals surface area contributed by atoms with Crippen LogP contribution in [0.5, 0.6) is 0 Å². The number of halogens is 1. The lowest BCUT2D eigenvalue weighted by Gasteiger charge is -2.24. The number of carbonyl (C=O) groups excluding carboxylic acids is 1. The van der Waals surface area contributed by atoms with Gasteiger partial charge in [0.05, 0.1) is 24.1 Å². The van der Waals surface area contributed by atoms with Crippen LogP contribution in [0.3, 0.4) is 0 Å². The van der Waals surface area contributed by atoms with Crippen LogP contribution in [0, 0.1) is 12.7 Å². The average Bonchev–Trinajstić information content (AvgIpc) is 3.44. The van der Waals surface area contributed by atoms with E-state index in [4.69, 9.17) is 20.8 Å². The smallest absolute Gasteiger partial charge is 0.249 e. The first-order valence-corrected chi connectivity index (χ1v) is 11.4. The van der Waals surface area contributed by atoms with Crippen LogP contribution in [0.25, 0.3) is 34.4 Å². The maximum atomic E-state index is 13.5. The first-order chi connectivity index (χ1) is 17.4. The summed E-state index contributed by atoms with van der Waals surface area (Å²) >= 11 is 0. The average molecular weight is 480 g/mol. The number of anilines is 1. The molecule has 0 atom stereocenters. The van der Waals surface area contributed by atoms with Gasteiger partial charge in [-0.15, -0.1) is 0 Å². The Bertz CT molecular complexity index is 1680. The van der Waals surface area contributed by atoms with E-state index < -0.39 is 5.91 Å². The Morgan fingerprint density at radius 3 is 2.64 bits per heavy atom. The molecule has 0 spiro atoms. The number of carbonyl (C=O) groups is 1. The fraction of sp³-hybridized carbons (Fsp3) is 0.111. The van der Waals surface area contributed by atoms with Crippen molar-refractivity contribution in [1.82, 2.24) is 24.1 Å². The molecule has 0 bridgehead atoms. The summed E-state index contributed by atoms with van der Waals surface area (Å²) in [5.41, 5.74) is 11.7. The Balaban J connectivity index is 1.39. The summed E-state index contributed by atoms with van der Waals surface area (Å²) in [4.78, 5) is 23.3. The standard InChI is InChI=1S/C27H22FN7O/c1-16-30-25(18-6-8-19(28)9-7-18)26(33(16)2)22-10-11-23-31-24(15-35(23)32-22)34-13-12-17-4-3-5-20(27(29)36)21(17)14-34/h3-13,15H,14H2,1-2H3,(H2,29,36). The summed E-state index contributed by atoms with van der Waals surface area (Å²) in [6.45, 7) is 2.39. The molecule has 9 heteroatoms. The van der Waals surface area contributed by atoms with E-state index in [0.29, 0.717) is 29.3 Å². The first kappa shape index (κ1) is 21.7. The van der Waals surface area contributed by atoms with E-state index in [1.54, 1.807) is 22.7 Å². The highest BCUT2D eigenvalue weighted by Gasteiger charge is 2.21. The fourth-order valence-corrected chi connectivity index (χ4v) is 4.57. The zero-order valence-corrected chi connectivity index (χ0v) is 19.7. The maximum Gasteiger partial charge on any atom is 0.249 e. The Hall–Kier alpha value is -4.79. The molecule has 0 fully saturated rings. The van der Waals surface area contributed by atoms with Crippen molar-refractivity contribution in [2.45, 2.75) is 13.5 Å². The quantitative estimate of drug-likeness (QED) is 0.414. The van der Waals surface area contributed by atoms with Crippen LogP contribution in [0.2, 0.25) is 0 Å².